The summed E-state index contributed by atoms with van der Waals surface area (Å²) in [5, 5.41) is 0. The van der Waals surface area contributed by atoms with E-state index >= 15 is 0 Å². The molecule has 3 heterocycles. The molecule has 2 aromatic carbocycles. The Labute approximate surface area is 144 Å². The summed E-state index contributed by atoms with van der Waals surface area (Å²) < 4.78 is 0. The lowest BCUT2D eigenvalue weighted by atomic mass is 9.57. The SMILES string of the molecule is NC[C@H]1c2ccccc2[C@H]2C3CCN(CC3)[C@H]2[C@@H]1c1ccccc1. The van der Waals surface area contributed by atoms with Gasteiger partial charge in [0.1, 0.15) is 0 Å². The summed E-state index contributed by atoms with van der Waals surface area (Å²) >= 11 is 0. The first-order valence-corrected chi connectivity index (χ1v) is 9.46. The molecular weight excluding hydrogens is 292 g/mol. The van der Waals surface area contributed by atoms with Gasteiger partial charge in [-0.05, 0) is 55.1 Å². The maximum Gasteiger partial charge on any atom is 0.0242 e. The molecule has 1 aliphatic carbocycles. The summed E-state index contributed by atoms with van der Waals surface area (Å²) in [4.78, 5) is 2.78. The van der Waals surface area contributed by atoms with Crippen LogP contribution in [0.15, 0.2) is 54.6 Å². The maximum atomic E-state index is 6.35. The molecule has 0 unspecified atom stereocenters. The molecule has 2 nitrogen and oxygen atoms in total. The smallest absolute Gasteiger partial charge is 0.0242 e. The summed E-state index contributed by atoms with van der Waals surface area (Å²) in [5.41, 5.74) is 10.9. The number of rotatable bonds is 2. The van der Waals surface area contributed by atoms with Crippen molar-refractivity contribution in [2.75, 3.05) is 19.6 Å². The van der Waals surface area contributed by atoms with Crippen LogP contribution in [0.5, 0.6) is 0 Å². The van der Waals surface area contributed by atoms with Crippen LogP contribution >= 0.6 is 0 Å². The largest absolute Gasteiger partial charge is 0.330 e. The van der Waals surface area contributed by atoms with Gasteiger partial charge >= 0.3 is 0 Å². The highest BCUT2D eigenvalue weighted by molar-refractivity contribution is 5.45. The topological polar surface area (TPSA) is 29.3 Å². The van der Waals surface area contributed by atoms with E-state index in [0.717, 1.165) is 12.5 Å². The zero-order valence-corrected chi connectivity index (χ0v) is 14.1. The summed E-state index contributed by atoms with van der Waals surface area (Å²) in [5.74, 6) is 2.51. The van der Waals surface area contributed by atoms with Crippen LogP contribution < -0.4 is 5.73 Å². The lowest BCUT2D eigenvalue weighted by Gasteiger charge is -2.58. The van der Waals surface area contributed by atoms with E-state index in [1.807, 2.05) is 0 Å². The van der Waals surface area contributed by atoms with E-state index in [-0.39, 0.29) is 0 Å². The molecule has 3 saturated heterocycles. The van der Waals surface area contributed by atoms with Crippen LogP contribution in [0.2, 0.25) is 0 Å². The summed E-state index contributed by atoms with van der Waals surface area (Å²) in [7, 11) is 0. The van der Waals surface area contributed by atoms with Gasteiger partial charge in [0.05, 0.1) is 0 Å². The van der Waals surface area contributed by atoms with Gasteiger partial charge in [0.25, 0.3) is 0 Å². The molecule has 0 amide bonds. The lowest BCUT2D eigenvalue weighted by molar-refractivity contribution is -0.000214. The molecule has 2 aromatic rings. The minimum atomic E-state index is 0.434. The van der Waals surface area contributed by atoms with Crippen LogP contribution in [-0.2, 0) is 0 Å². The number of nitrogens with zero attached hydrogens (tertiary/aromatic N) is 1. The summed E-state index contributed by atoms with van der Waals surface area (Å²) in [6, 6.07) is 20.9. The lowest BCUT2D eigenvalue weighted by Crippen LogP contribution is -2.59. The van der Waals surface area contributed by atoms with E-state index in [0.29, 0.717) is 23.8 Å². The van der Waals surface area contributed by atoms with Crippen molar-refractivity contribution in [1.82, 2.24) is 4.90 Å². The number of nitrogens with two attached hydrogens (primary N) is 1. The zero-order valence-electron chi connectivity index (χ0n) is 14.1. The van der Waals surface area contributed by atoms with Crippen LogP contribution in [0.4, 0.5) is 0 Å². The van der Waals surface area contributed by atoms with Crippen molar-refractivity contribution < 1.29 is 0 Å². The molecule has 0 spiro atoms. The van der Waals surface area contributed by atoms with Gasteiger partial charge in [-0.25, -0.2) is 0 Å². The quantitative estimate of drug-likeness (QED) is 0.915. The van der Waals surface area contributed by atoms with E-state index < -0.39 is 0 Å². The molecule has 3 fully saturated rings. The first-order valence-electron chi connectivity index (χ1n) is 9.46. The van der Waals surface area contributed by atoms with E-state index in [2.05, 4.69) is 59.5 Å². The monoisotopic (exact) mass is 318 g/mol. The third-order valence-electron chi connectivity index (χ3n) is 6.87. The number of piperidine rings is 3. The second kappa shape index (κ2) is 5.72. The Morgan fingerprint density at radius 3 is 2.21 bits per heavy atom. The Morgan fingerprint density at radius 2 is 1.50 bits per heavy atom. The van der Waals surface area contributed by atoms with Crippen molar-refractivity contribution in [3.8, 4) is 0 Å². The first-order chi connectivity index (χ1) is 11.9. The molecular formula is C22H26N2. The number of hydrogen-bond acceptors (Lipinski definition) is 2. The molecule has 4 atom stereocenters. The van der Waals surface area contributed by atoms with Crippen LogP contribution in [0.25, 0.3) is 0 Å². The van der Waals surface area contributed by atoms with Crippen molar-refractivity contribution in [3.05, 3.63) is 71.3 Å². The van der Waals surface area contributed by atoms with Gasteiger partial charge in [-0.2, -0.15) is 0 Å². The van der Waals surface area contributed by atoms with Gasteiger partial charge < -0.3 is 5.73 Å². The molecule has 0 radical (unpaired) electrons. The third-order valence-corrected chi connectivity index (χ3v) is 6.87. The highest BCUT2D eigenvalue weighted by atomic mass is 15.2. The Kier molecular flexibility index (Phi) is 3.50. The average molecular weight is 318 g/mol. The second-order valence-corrected chi connectivity index (χ2v) is 7.80. The molecule has 124 valence electrons. The standard InChI is InChI=1S/C22H26N2/c23-14-19-17-8-4-5-9-18(17)20-16-10-12-24(13-11-16)22(20)21(19)15-6-2-1-3-7-15/h1-9,16,19-22H,10-14,23H2/t19-,20+,21+,22+/m0/s1. The molecule has 0 aromatic heterocycles. The van der Waals surface area contributed by atoms with Crippen molar-refractivity contribution in [3.63, 3.8) is 0 Å². The Bertz CT molecular complexity index is 718. The molecule has 24 heavy (non-hydrogen) atoms. The number of fused-ring (bicyclic) bond motifs is 3. The van der Waals surface area contributed by atoms with Crippen LogP contribution in [0.1, 0.15) is 47.3 Å². The van der Waals surface area contributed by atoms with Gasteiger partial charge in [-0.1, -0.05) is 54.6 Å². The highest BCUT2D eigenvalue weighted by Crippen LogP contribution is 2.56. The predicted octanol–water partition coefficient (Wildman–Crippen LogP) is 3.70. The highest BCUT2D eigenvalue weighted by Gasteiger charge is 2.52. The van der Waals surface area contributed by atoms with Gasteiger partial charge in [-0.15, -0.1) is 0 Å². The zero-order chi connectivity index (χ0) is 16.1. The van der Waals surface area contributed by atoms with Crippen molar-refractivity contribution >= 4 is 0 Å². The van der Waals surface area contributed by atoms with Crippen molar-refractivity contribution in [2.45, 2.75) is 36.6 Å². The van der Waals surface area contributed by atoms with Gasteiger partial charge in [0.2, 0.25) is 0 Å². The Morgan fingerprint density at radius 1 is 0.833 bits per heavy atom. The molecule has 2 N–H and O–H groups in total. The van der Waals surface area contributed by atoms with Gasteiger partial charge in [0, 0.05) is 23.8 Å². The number of hydrogen-bond donors (Lipinski definition) is 1. The van der Waals surface area contributed by atoms with Crippen molar-refractivity contribution in [2.24, 2.45) is 11.7 Å². The minimum Gasteiger partial charge on any atom is -0.330 e. The van der Waals surface area contributed by atoms with E-state index in [4.69, 9.17) is 5.73 Å². The van der Waals surface area contributed by atoms with Gasteiger partial charge in [-0.3, -0.25) is 4.90 Å². The normalized spacial score (nSPS) is 36.9. The van der Waals surface area contributed by atoms with Crippen LogP contribution in [0.3, 0.4) is 0 Å². The predicted molar refractivity (Wildman–Crippen MR) is 98.2 cm³/mol. The summed E-state index contributed by atoms with van der Waals surface area (Å²) in [6.45, 7) is 3.28. The molecule has 4 aliphatic rings. The van der Waals surface area contributed by atoms with E-state index in [9.17, 15) is 0 Å². The molecule has 2 heteroatoms. The summed E-state index contributed by atoms with van der Waals surface area (Å²) in [6.07, 6.45) is 2.73. The van der Waals surface area contributed by atoms with Crippen LogP contribution in [0, 0.1) is 5.92 Å². The van der Waals surface area contributed by atoms with Crippen LogP contribution in [-0.4, -0.2) is 30.6 Å². The average Bonchev–Trinajstić information content (AvgIpc) is 2.68. The molecule has 6 rings (SSSR count). The molecule has 0 saturated carbocycles. The number of benzene rings is 2. The maximum absolute atomic E-state index is 6.35. The van der Waals surface area contributed by atoms with E-state index in [1.165, 1.54) is 37.1 Å². The molecule has 3 aliphatic heterocycles. The molecule has 2 bridgehead atoms. The Balaban J connectivity index is 1.71. The third kappa shape index (κ3) is 2.03. The van der Waals surface area contributed by atoms with E-state index in [1.54, 1.807) is 5.56 Å². The fraction of sp³-hybridized carbons (Fsp3) is 0.455. The minimum absolute atomic E-state index is 0.434. The fourth-order valence-electron chi connectivity index (χ4n) is 5.93. The van der Waals surface area contributed by atoms with Crippen molar-refractivity contribution in [1.29, 1.82) is 0 Å². The van der Waals surface area contributed by atoms with Gasteiger partial charge in [0.15, 0.2) is 0 Å². The Hall–Kier alpha value is -1.64. The fourth-order valence-corrected chi connectivity index (χ4v) is 5.93. The second-order valence-electron chi connectivity index (χ2n) is 7.80. The first kappa shape index (κ1) is 14.7.